The molecule has 1 aromatic carbocycles. The smallest absolute Gasteiger partial charge is 0.277 e. The molecular weight excluding hydrogens is 386 g/mol. The molecule has 1 amide bonds. The molecule has 4 aromatic rings. The third-order valence-electron chi connectivity index (χ3n) is 3.71. The van der Waals surface area contributed by atoms with Crippen LogP contribution in [0.4, 0.5) is 5.13 Å². The Labute approximate surface area is 163 Å². The van der Waals surface area contributed by atoms with E-state index < -0.39 is 0 Å². The van der Waals surface area contributed by atoms with Crippen molar-refractivity contribution >= 4 is 39.6 Å². The quantitative estimate of drug-likeness (QED) is 0.543. The Balaban J connectivity index is 1.45. The fourth-order valence-electron chi connectivity index (χ4n) is 2.44. The summed E-state index contributed by atoms with van der Waals surface area (Å²) < 4.78 is 7.51. The van der Waals surface area contributed by atoms with Crippen LogP contribution in [0.2, 0.25) is 5.02 Å². The Morgan fingerprint density at radius 2 is 2.00 bits per heavy atom. The summed E-state index contributed by atoms with van der Waals surface area (Å²) in [5.74, 6) is 0.378. The Hall–Kier alpha value is -2.97. The molecule has 0 aliphatic rings. The van der Waals surface area contributed by atoms with Crippen LogP contribution in [0, 0.1) is 0 Å². The molecule has 0 saturated heterocycles. The van der Waals surface area contributed by atoms with Gasteiger partial charge in [-0.1, -0.05) is 41.1 Å². The number of fused-ring (bicyclic) bond motifs is 1. The fraction of sp³-hybridized carbons (Fsp3) is 0.111. The van der Waals surface area contributed by atoms with Crippen LogP contribution in [0.25, 0.3) is 5.65 Å². The van der Waals surface area contributed by atoms with Crippen LogP contribution in [0.3, 0.4) is 0 Å². The lowest BCUT2D eigenvalue weighted by Gasteiger charge is -2.10. The molecule has 0 saturated carbocycles. The summed E-state index contributed by atoms with van der Waals surface area (Å²) in [6, 6.07) is 12.9. The van der Waals surface area contributed by atoms with E-state index in [1.165, 1.54) is 11.3 Å². The van der Waals surface area contributed by atoms with Crippen molar-refractivity contribution in [1.82, 2.24) is 19.6 Å². The average Bonchev–Trinajstić information content (AvgIpc) is 3.29. The van der Waals surface area contributed by atoms with E-state index in [4.69, 9.17) is 16.3 Å². The molecule has 1 N–H and O–H groups in total. The van der Waals surface area contributed by atoms with E-state index in [1.807, 2.05) is 37.3 Å². The molecule has 0 unspecified atom stereocenters. The maximum Gasteiger partial charge on any atom is 0.277 e. The first-order valence-electron chi connectivity index (χ1n) is 8.09. The minimum Gasteiger partial charge on any atom is -0.483 e. The van der Waals surface area contributed by atoms with Crippen molar-refractivity contribution in [1.29, 1.82) is 0 Å². The molecule has 0 fully saturated rings. The van der Waals surface area contributed by atoms with Crippen molar-refractivity contribution in [3.63, 3.8) is 0 Å². The van der Waals surface area contributed by atoms with Gasteiger partial charge >= 0.3 is 0 Å². The predicted octanol–water partition coefficient (Wildman–Crippen LogP) is 4.23. The van der Waals surface area contributed by atoms with Gasteiger partial charge in [0.15, 0.2) is 5.01 Å². The highest BCUT2D eigenvalue weighted by atomic mass is 35.5. The maximum absolute atomic E-state index is 12.4. The van der Waals surface area contributed by atoms with Crippen LogP contribution in [0.1, 0.15) is 28.5 Å². The molecular formula is C18H14ClN5O2S. The van der Waals surface area contributed by atoms with Crippen molar-refractivity contribution in [2.75, 3.05) is 5.32 Å². The Morgan fingerprint density at radius 1 is 1.19 bits per heavy atom. The number of benzene rings is 1. The number of imidazole rings is 1. The van der Waals surface area contributed by atoms with Crippen molar-refractivity contribution in [3.05, 3.63) is 70.6 Å². The van der Waals surface area contributed by atoms with E-state index in [9.17, 15) is 4.79 Å². The van der Waals surface area contributed by atoms with Gasteiger partial charge in [0.05, 0.1) is 5.02 Å². The molecule has 4 rings (SSSR count). The maximum atomic E-state index is 12.4. The van der Waals surface area contributed by atoms with Crippen LogP contribution < -0.4 is 10.1 Å². The molecule has 27 heavy (non-hydrogen) atoms. The lowest BCUT2D eigenvalue weighted by atomic mass is 10.3. The van der Waals surface area contributed by atoms with Gasteiger partial charge in [0.2, 0.25) is 5.13 Å². The Bertz CT molecular complexity index is 1100. The molecule has 0 bridgehead atoms. The molecule has 1 atom stereocenters. The second-order valence-electron chi connectivity index (χ2n) is 5.71. The molecule has 9 heteroatoms. The zero-order valence-electron chi connectivity index (χ0n) is 14.2. The molecule has 3 heterocycles. The summed E-state index contributed by atoms with van der Waals surface area (Å²) in [6.45, 7) is 1.88. The van der Waals surface area contributed by atoms with E-state index in [0.29, 0.717) is 20.8 Å². The first kappa shape index (κ1) is 17.4. The lowest BCUT2D eigenvalue weighted by Crippen LogP contribution is -2.12. The molecule has 0 aliphatic carbocycles. The number of anilines is 1. The first-order valence-corrected chi connectivity index (χ1v) is 9.28. The van der Waals surface area contributed by atoms with Gasteiger partial charge in [0, 0.05) is 12.4 Å². The number of ether oxygens (including phenoxy) is 1. The van der Waals surface area contributed by atoms with Crippen LogP contribution >= 0.6 is 22.9 Å². The second-order valence-corrected chi connectivity index (χ2v) is 7.16. The van der Waals surface area contributed by atoms with E-state index in [-0.39, 0.29) is 17.7 Å². The summed E-state index contributed by atoms with van der Waals surface area (Å²) >= 11 is 7.21. The summed E-state index contributed by atoms with van der Waals surface area (Å²) in [5.41, 5.74) is 0.898. The normalized spacial score (nSPS) is 12.1. The first-order chi connectivity index (χ1) is 13.1. The van der Waals surface area contributed by atoms with Gasteiger partial charge in [0.1, 0.15) is 23.2 Å². The lowest BCUT2D eigenvalue weighted by molar-refractivity contribution is 0.102. The highest BCUT2D eigenvalue weighted by molar-refractivity contribution is 7.15. The monoisotopic (exact) mass is 399 g/mol. The summed E-state index contributed by atoms with van der Waals surface area (Å²) in [7, 11) is 0. The number of amides is 1. The van der Waals surface area contributed by atoms with Gasteiger partial charge in [-0.05, 0) is 31.2 Å². The van der Waals surface area contributed by atoms with Gasteiger partial charge in [-0.3, -0.25) is 10.1 Å². The third-order valence-corrected chi connectivity index (χ3v) is 4.94. The number of nitrogens with zero attached hydrogens (tertiary/aromatic N) is 4. The molecule has 0 spiro atoms. The van der Waals surface area contributed by atoms with E-state index in [2.05, 4.69) is 20.5 Å². The largest absolute Gasteiger partial charge is 0.483 e. The average molecular weight is 400 g/mol. The molecule has 7 nitrogen and oxygen atoms in total. The number of aromatic nitrogens is 4. The summed E-state index contributed by atoms with van der Waals surface area (Å²) in [5, 5.41) is 12.4. The highest BCUT2D eigenvalue weighted by Gasteiger charge is 2.17. The van der Waals surface area contributed by atoms with Gasteiger partial charge < -0.3 is 9.14 Å². The van der Waals surface area contributed by atoms with Gasteiger partial charge in [0.25, 0.3) is 5.91 Å². The van der Waals surface area contributed by atoms with Crippen LogP contribution in [0.5, 0.6) is 5.75 Å². The molecule has 0 aliphatic heterocycles. The number of halogens is 1. The third kappa shape index (κ3) is 3.91. The van der Waals surface area contributed by atoms with Gasteiger partial charge in [-0.15, -0.1) is 10.2 Å². The predicted molar refractivity (Wildman–Crippen MR) is 104 cm³/mol. The van der Waals surface area contributed by atoms with Gasteiger partial charge in [-0.2, -0.15) is 0 Å². The zero-order chi connectivity index (χ0) is 18.8. The topological polar surface area (TPSA) is 81.4 Å². The van der Waals surface area contributed by atoms with E-state index in [1.54, 1.807) is 28.9 Å². The SMILES string of the molecule is C[C@@H](Oc1ccccc1)c1nnc(NC(=O)c2cn3cc(Cl)ccc3n2)s1. The number of hydrogen-bond donors (Lipinski definition) is 1. The Morgan fingerprint density at radius 3 is 2.81 bits per heavy atom. The molecule has 0 radical (unpaired) electrons. The minimum atomic E-state index is -0.367. The Kier molecular flexibility index (Phi) is 4.74. The van der Waals surface area contributed by atoms with Gasteiger partial charge in [-0.25, -0.2) is 4.98 Å². The van der Waals surface area contributed by atoms with Crippen LogP contribution in [0.15, 0.2) is 54.9 Å². The number of pyridine rings is 1. The number of carbonyl (C=O) groups is 1. The summed E-state index contributed by atoms with van der Waals surface area (Å²) in [4.78, 5) is 16.7. The molecule has 136 valence electrons. The number of carbonyl (C=O) groups excluding carboxylic acids is 1. The van der Waals surface area contributed by atoms with Crippen LogP contribution in [-0.2, 0) is 0 Å². The number of hydrogen-bond acceptors (Lipinski definition) is 6. The number of rotatable bonds is 5. The zero-order valence-corrected chi connectivity index (χ0v) is 15.7. The number of para-hydroxylation sites is 1. The molecule has 3 aromatic heterocycles. The van der Waals surface area contributed by atoms with Crippen molar-refractivity contribution in [2.24, 2.45) is 0 Å². The number of nitrogens with one attached hydrogen (secondary N) is 1. The van der Waals surface area contributed by atoms with E-state index >= 15 is 0 Å². The fourth-order valence-corrected chi connectivity index (χ4v) is 3.33. The van der Waals surface area contributed by atoms with Crippen molar-refractivity contribution in [3.8, 4) is 5.75 Å². The standard InChI is InChI=1S/C18H14ClN5O2S/c1-11(26-13-5-3-2-4-6-13)17-22-23-18(27-17)21-16(25)14-10-24-9-12(19)7-8-15(24)20-14/h2-11H,1H3,(H,21,23,25)/t11-/m1/s1. The van der Waals surface area contributed by atoms with Crippen molar-refractivity contribution < 1.29 is 9.53 Å². The van der Waals surface area contributed by atoms with E-state index in [0.717, 1.165) is 5.75 Å². The second kappa shape index (κ2) is 7.34. The van der Waals surface area contributed by atoms with Crippen molar-refractivity contribution in [2.45, 2.75) is 13.0 Å². The minimum absolute atomic E-state index is 0.266. The highest BCUT2D eigenvalue weighted by Crippen LogP contribution is 2.26. The van der Waals surface area contributed by atoms with Crippen LogP contribution in [-0.4, -0.2) is 25.5 Å². The summed E-state index contributed by atoms with van der Waals surface area (Å²) in [6.07, 6.45) is 3.01.